The first-order valence-corrected chi connectivity index (χ1v) is 10.8. The third-order valence-corrected chi connectivity index (χ3v) is 7.52. The first-order chi connectivity index (χ1) is 12.6. The average molecular weight is 386 g/mol. The Bertz CT molecular complexity index is 1030. The minimum Gasteiger partial charge on any atom is -0.326 e. The van der Waals surface area contributed by atoms with Crippen LogP contribution in [-0.2, 0) is 22.9 Å². The zero-order chi connectivity index (χ0) is 18.1. The van der Waals surface area contributed by atoms with E-state index in [9.17, 15) is 8.42 Å². The van der Waals surface area contributed by atoms with Crippen LogP contribution >= 0.6 is 11.3 Å². The molecule has 26 heavy (non-hydrogen) atoms. The van der Waals surface area contributed by atoms with Crippen molar-refractivity contribution in [1.82, 2.24) is 4.98 Å². The molecule has 1 aliphatic heterocycles. The zero-order valence-electron chi connectivity index (χ0n) is 14.3. The number of rotatable bonds is 5. The number of aromatic nitrogens is 1. The molecule has 0 saturated carbocycles. The molecule has 0 aliphatic carbocycles. The lowest BCUT2D eigenvalue weighted by Crippen LogP contribution is -2.15. The van der Waals surface area contributed by atoms with Crippen molar-refractivity contribution < 1.29 is 8.42 Å². The van der Waals surface area contributed by atoms with E-state index in [0.717, 1.165) is 30.1 Å². The van der Waals surface area contributed by atoms with E-state index in [1.165, 1.54) is 22.6 Å². The highest BCUT2D eigenvalue weighted by Gasteiger charge is 2.21. The van der Waals surface area contributed by atoms with Crippen molar-refractivity contribution in [3.8, 4) is 0 Å². The van der Waals surface area contributed by atoms with Crippen LogP contribution in [0.1, 0.15) is 17.4 Å². The van der Waals surface area contributed by atoms with Crippen molar-refractivity contribution in [1.29, 1.82) is 0 Å². The molecule has 7 heteroatoms. The maximum atomic E-state index is 12.5. The number of pyridine rings is 1. The Morgan fingerprint density at radius 2 is 2.00 bits per heavy atom. The lowest BCUT2D eigenvalue weighted by molar-refractivity contribution is 0.603. The van der Waals surface area contributed by atoms with Crippen LogP contribution in [-0.4, -0.2) is 19.9 Å². The maximum absolute atomic E-state index is 12.5. The molecule has 134 valence electrons. The van der Waals surface area contributed by atoms with Crippen LogP contribution < -0.4 is 9.62 Å². The molecule has 1 aliphatic rings. The number of thiophene rings is 1. The normalized spacial score (nSPS) is 13.7. The molecule has 0 fully saturated rings. The fraction of sp³-hybridized carbons (Fsp3) is 0.211. The van der Waals surface area contributed by atoms with Gasteiger partial charge in [-0.15, -0.1) is 11.3 Å². The Labute approximate surface area is 157 Å². The molecule has 1 aromatic carbocycles. The lowest BCUT2D eigenvalue weighted by atomic mass is 10.2. The second-order valence-electron chi connectivity index (χ2n) is 6.12. The first-order valence-electron chi connectivity index (χ1n) is 8.50. The van der Waals surface area contributed by atoms with E-state index in [4.69, 9.17) is 0 Å². The largest absolute Gasteiger partial charge is 0.326 e. The van der Waals surface area contributed by atoms with Gasteiger partial charge in [0.2, 0.25) is 0 Å². The second-order valence-corrected chi connectivity index (χ2v) is 9.19. The van der Waals surface area contributed by atoms with Gasteiger partial charge in [0.05, 0.1) is 11.9 Å². The quantitative estimate of drug-likeness (QED) is 0.715. The van der Waals surface area contributed by atoms with Gasteiger partial charge in [-0.2, -0.15) is 0 Å². The summed E-state index contributed by atoms with van der Waals surface area (Å²) in [5.41, 5.74) is 2.94. The molecule has 0 spiro atoms. The van der Waals surface area contributed by atoms with E-state index >= 15 is 0 Å². The number of hydrogen-bond acceptors (Lipinski definition) is 5. The van der Waals surface area contributed by atoms with Gasteiger partial charge in [-0.1, -0.05) is 25.1 Å². The number of fused-ring (bicyclic) bond motifs is 1. The molecule has 3 heterocycles. The predicted octanol–water partition coefficient (Wildman–Crippen LogP) is 4.20. The van der Waals surface area contributed by atoms with E-state index in [-0.39, 0.29) is 0 Å². The summed E-state index contributed by atoms with van der Waals surface area (Å²) in [7, 11) is -3.57. The number of aryl methyl sites for hydroxylation is 1. The molecule has 0 radical (unpaired) electrons. The molecule has 0 atom stereocenters. The van der Waals surface area contributed by atoms with E-state index in [0.29, 0.717) is 9.90 Å². The molecule has 0 bridgehead atoms. The van der Waals surface area contributed by atoms with Crippen LogP contribution in [0.25, 0.3) is 0 Å². The third kappa shape index (κ3) is 3.20. The summed E-state index contributed by atoms with van der Waals surface area (Å²) in [5.74, 6) is 0.822. The van der Waals surface area contributed by atoms with E-state index in [1.54, 1.807) is 18.3 Å². The fourth-order valence-electron chi connectivity index (χ4n) is 3.08. The molecule has 0 unspecified atom stereocenters. The molecule has 0 saturated heterocycles. The minimum absolute atomic E-state index is 0.326. The number of nitrogens with zero attached hydrogens (tertiary/aromatic N) is 2. The van der Waals surface area contributed by atoms with Crippen molar-refractivity contribution in [3.05, 3.63) is 65.2 Å². The summed E-state index contributed by atoms with van der Waals surface area (Å²) < 4.78 is 27.9. The molecular formula is C19H19N3O2S2. The van der Waals surface area contributed by atoms with Gasteiger partial charge >= 0.3 is 0 Å². The Morgan fingerprint density at radius 3 is 2.73 bits per heavy atom. The highest BCUT2D eigenvalue weighted by molar-refractivity contribution is 7.94. The number of nitrogens with one attached hydrogen (secondary N) is 1. The third-order valence-electron chi connectivity index (χ3n) is 4.41. The highest BCUT2D eigenvalue weighted by Crippen LogP contribution is 2.33. The SMILES string of the molecule is CCc1ccc(S(=O)(=O)Nc2ccc(N3CCc4ccccc43)nc2)s1. The average Bonchev–Trinajstić information content (AvgIpc) is 3.29. The van der Waals surface area contributed by atoms with E-state index in [2.05, 4.69) is 26.7 Å². The number of para-hydroxylation sites is 1. The summed E-state index contributed by atoms with van der Waals surface area (Å²) in [4.78, 5) is 7.66. The van der Waals surface area contributed by atoms with Crippen LogP contribution in [0.2, 0.25) is 0 Å². The number of anilines is 3. The van der Waals surface area contributed by atoms with Gasteiger partial charge in [0, 0.05) is 17.1 Å². The Kier molecular flexibility index (Phi) is 4.42. The smallest absolute Gasteiger partial charge is 0.271 e. The summed E-state index contributed by atoms with van der Waals surface area (Å²) in [5, 5.41) is 0. The molecule has 0 amide bonds. The fourth-order valence-corrected chi connectivity index (χ4v) is 5.42. The monoisotopic (exact) mass is 385 g/mol. The topological polar surface area (TPSA) is 62.3 Å². The molecule has 1 N–H and O–H groups in total. The Hall–Kier alpha value is -2.38. The lowest BCUT2D eigenvalue weighted by Gasteiger charge is -2.18. The zero-order valence-corrected chi connectivity index (χ0v) is 16.0. The maximum Gasteiger partial charge on any atom is 0.271 e. The molecule has 5 nitrogen and oxygen atoms in total. The summed E-state index contributed by atoms with van der Waals surface area (Å²) in [6.07, 6.45) is 3.39. The molecule has 3 aromatic rings. The van der Waals surface area contributed by atoms with Gasteiger partial charge in [-0.3, -0.25) is 4.72 Å². The summed E-state index contributed by atoms with van der Waals surface area (Å²) in [6.45, 7) is 2.89. The summed E-state index contributed by atoms with van der Waals surface area (Å²) >= 11 is 1.30. The predicted molar refractivity (Wildman–Crippen MR) is 106 cm³/mol. The van der Waals surface area contributed by atoms with Crippen molar-refractivity contribution in [2.75, 3.05) is 16.2 Å². The Balaban J connectivity index is 1.53. The van der Waals surface area contributed by atoms with Gasteiger partial charge < -0.3 is 4.90 Å². The van der Waals surface area contributed by atoms with Crippen LogP contribution in [0.3, 0.4) is 0 Å². The Morgan fingerprint density at radius 1 is 1.15 bits per heavy atom. The van der Waals surface area contributed by atoms with Gasteiger partial charge in [0.15, 0.2) is 0 Å². The van der Waals surface area contributed by atoms with Crippen LogP contribution in [0.4, 0.5) is 17.2 Å². The molecule has 2 aromatic heterocycles. The number of benzene rings is 1. The van der Waals surface area contributed by atoms with E-state index < -0.39 is 10.0 Å². The number of sulfonamides is 1. The van der Waals surface area contributed by atoms with Crippen LogP contribution in [0.5, 0.6) is 0 Å². The van der Waals surface area contributed by atoms with Crippen LogP contribution in [0, 0.1) is 0 Å². The highest BCUT2D eigenvalue weighted by atomic mass is 32.2. The standard InChI is InChI=1S/C19H19N3O2S2/c1-2-16-8-10-19(25-16)26(23,24)21-15-7-9-18(20-13-15)22-12-11-14-5-3-4-6-17(14)22/h3-10,13,21H,2,11-12H2,1H3. The van der Waals surface area contributed by atoms with Gasteiger partial charge in [0.1, 0.15) is 10.0 Å². The van der Waals surface area contributed by atoms with Gasteiger partial charge in [-0.25, -0.2) is 13.4 Å². The van der Waals surface area contributed by atoms with Crippen LogP contribution in [0.15, 0.2) is 58.9 Å². The molecular weight excluding hydrogens is 366 g/mol. The van der Waals surface area contributed by atoms with E-state index in [1.807, 2.05) is 31.2 Å². The first kappa shape index (κ1) is 17.1. The molecule has 4 rings (SSSR count). The minimum atomic E-state index is -3.57. The van der Waals surface area contributed by atoms with Crippen molar-refractivity contribution in [2.24, 2.45) is 0 Å². The van der Waals surface area contributed by atoms with Gasteiger partial charge in [0.25, 0.3) is 10.0 Å². The second kappa shape index (κ2) is 6.74. The number of hydrogen-bond donors (Lipinski definition) is 1. The van der Waals surface area contributed by atoms with Crippen molar-refractivity contribution in [3.63, 3.8) is 0 Å². The van der Waals surface area contributed by atoms with Crippen molar-refractivity contribution in [2.45, 2.75) is 24.0 Å². The van der Waals surface area contributed by atoms with Crippen molar-refractivity contribution >= 4 is 38.6 Å². The van der Waals surface area contributed by atoms with Gasteiger partial charge in [-0.05, 0) is 48.7 Å². The summed E-state index contributed by atoms with van der Waals surface area (Å²) in [6, 6.07) is 15.4.